The van der Waals surface area contributed by atoms with Crippen LogP contribution in [0.25, 0.3) is 0 Å². The number of carboxylic acid groups (broad SMARTS) is 1. The van der Waals surface area contributed by atoms with Gasteiger partial charge in [0.1, 0.15) is 12.2 Å². The number of nitrogens with zero attached hydrogens (tertiary/aromatic N) is 4. The van der Waals surface area contributed by atoms with Gasteiger partial charge in [0.2, 0.25) is 5.91 Å². The van der Waals surface area contributed by atoms with E-state index in [-0.39, 0.29) is 30.8 Å². The van der Waals surface area contributed by atoms with E-state index in [9.17, 15) is 14.4 Å². The molecule has 2 aromatic rings. The standard InChI is InChI=1S/C17H19N5O4/c1-21(17(26)11-6-7-11)14-5-3-2-4-13(14)16(25)18-8-12-9-22(20-19-12)10-15(23)24/h2-5,9,11H,6-8,10H2,1H3,(H,18,25)(H,23,24). The molecule has 0 spiro atoms. The maximum absolute atomic E-state index is 12.5. The molecule has 9 nitrogen and oxygen atoms in total. The second-order valence-electron chi connectivity index (χ2n) is 6.17. The van der Waals surface area contributed by atoms with Crippen LogP contribution in [0.15, 0.2) is 30.5 Å². The lowest BCUT2D eigenvalue weighted by Gasteiger charge is -2.20. The molecule has 1 saturated carbocycles. The van der Waals surface area contributed by atoms with Gasteiger partial charge in [-0.2, -0.15) is 0 Å². The molecule has 1 aromatic heterocycles. The van der Waals surface area contributed by atoms with Crippen LogP contribution >= 0.6 is 0 Å². The van der Waals surface area contributed by atoms with E-state index < -0.39 is 5.97 Å². The van der Waals surface area contributed by atoms with E-state index in [1.165, 1.54) is 15.8 Å². The molecule has 1 aliphatic carbocycles. The quantitative estimate of drug-likeness (QED) is 0.752. The third-order valence-electron chi connectivity index (χ3n) is 4.08. The number of amides is 2. The summed E-state index contributed by atoms with van der Waals surface area (Å²) in [6.45, 7) is -0.190. The first-order valence-electron chi connectivity index (χ1n) is 8.21. The highest BCUT2D eigenvalue weighted by molar-refractivity contribution is 6.05. The average molecular weight is 357 g/mol. The van der Waals surface area contributed by atoms with Crippen LogP contribution in [0, 0.1) is 5.92 Å². The summed E-state index contributed by atoms with van der Waals surface area (Å²) in [7, 11) is 1.67. The summed E-state index contributed by atoms with van der Waals surface area (Å²) in [6.07, 6.45) is 3.25. The SMILES string of the molecule is CN(C(=O)C1CC1)c1ccccc1C(=O)NCc1cn(CC(=O)O)nn1. The minimum atomic E-state index is -1.03. The van der Waals surface area contributed by atoms with Gasteiger partial charge in [-0.25, -0.2) is 4.68 Å². The summed E-state index contributed by atoms with van der Waals surface area (Å²) in [6, 6.07) is 6.90. The van der Waals surface area contributed by atoms with E-state index in [0.717, 1.165) is 12.8 Å². The second kappa shape index (κ2) is 7.34. The zero-order chi connectivity index (χ0) is 18.7. The Bertz CT molecular complexity index is 843. The van der Waals surface area contributed by atoms with Gasteiger partial charge in [0.05, 0.1) is 24.0 Å². The minimum Gasteiger partial charge on any atom is -0.480 e. The van der Waals surface area contributed by atoms with Crippen LogP contribution in [0.1, 0.15) is 28.9 Å². The molecule has 0 unspecified atom stereocenters. The van der Waals surface area contributed by atoms with Crippen molar-refractivity contribution in [3.8, 4) is 0 Å². The molecular formula is C17H19N5O4. The van der Waals surface area contributed by atoms with Gasteiger partial charge in [0.15, 0.2) is 0 Å². The number of aliphatic carboxylic acids is 1. The molecule has 0 bridgehead atoms. The topological polar surface area (TPSA) is 117 Å². The zero-order valence-electron chi connectivity index (χ0n) is 14.3. The number of para-hydroxylation sites is 1. The average Bonchev–Trinajstić information content (AvgIpc) is 3.39. The number of rotatable bonds is 7. The Morgan fingerprint density at radius 2 is 2.04 bits per heavy atom. The maximum Gasteiger partial charge on any atom is 0.325 e. The monoisotopic (exact) mass is 357 g/mol. The van der Waals surface area contributed by atoms with Crippen LogP contribution in [0.2, 0.25) is 0 Å². The van der Waals surface area contributed by atoms with Crippen LogP contribution in [-0.4, -0.2) is 44.9 Å². The van der Waals surface area contributed by atoms with E-state index in [1.807, 2.05) is 0 Å². The van der Waals surface area contributed by atoms with Crippen molar-refractivity contribution in [2.45, 2.75) is 25.9 Å². The van der Waals surface area contributed by atoms with Crippen molar-refractivity contribution in [1.82, 2.24) is 20.3 Å². The summed E-state index contributed by atoms with van der Waals surface area (Å²) in [5, 5.41) is 19.0. The highest BCUT2D eigenvalue weighted by Crippen LogP contribution is 2.33. The lowest BCUT2D eigenvalue weighted by atomic mass is 10.1. The zero-order valence-corrected chi connectivity index (χ0v) is 14.3. The van der Waals surface area contributed by atoms with Crippen LogP contribution in [-0.2, 0) is 22.7 Å². The Labute approximate surface area is 149 Å². The Hall–Kier alpha value is -3.23. The van der Waals surface area contributed by atoms with Crippen molar-refractivity contribution >= 4 is 23.5 Å². The normalized spacial score (nSPS) is 13.3. The van der Waals surface area contributed by atoms with E-state index in [1.54, 1.807) is 31.3 Å². The van der Waals surface area contributed by atoms with Crippen molar-refractivity contribution in [1.29, 1.82) is 0 Å². The molecule has 9 heteroatoms. The molecule has 0 atom stereocenters. The summed E-state index contributed by atoms with van der Waals surface area (Å²) in [4.78, 5) is 37.0. The van der Waals surface area contributed by atoms with Crippen molar-refractivity contribution in [2.75, 3.05) is 11.9 Å². The summed E-state index contributed by atoms with van der Waals surface area (Å²) in [5.74, 6) is -1.30. The third kappa shape index (κ3) is 4.05. The van der Waals surface area contributed by atoms with Gasteiger partial charge in [-0.05, 0) is 25.0 Å². The number of benzene rings is 1. The molecule has 26 heavy (non-hydrogen) atoms. The van der Waals surface area contributed by atoms with Gasteiger partial charge >= 0.3 is 5.97 Å². The number of carboxylic acids is 1. The van der Waals surface area contributed by atoms with E-state index >= 15 is 0 Å². The first-order chi connectivity index (χ1) is 12.5. The molecule has 2 amide bonds. The number of aromatic nitrogens is 3. The highest BCUT2D eigenvalue weighted by atomic mass is 16.4. The second-order valence-corrected chi connectivity index (χ2v) is 6.17. The van der Waals surface area contributed by atoms with Gasteiger partial charge < -0.3 is 15.3 Å². The number of carbonyl (C=O) groups is 3. The van der Waals surface area contributed by atoms with Crippen molar-refractivity contribution < 1.29 is 19.5 Å². The molecule has 2 N–H and O–H groups in total. The largest absolute Gasteiger partial charge is 0.480 e. The molecule has 136 valence electrons. The Kier molecular flexibility index (Phi) is 4.97. The number of carbonyl (C=O) groups excluding carboxylic acids is 2. The Morgan fingerprint density at radius 1 is 1.31 bits per heavy atom. The van der Waals surface area contributed by atoms with Gasteiger partial charge in [-0.1, -0.05) is 17.3 Å². The molecule has 3 rings (SSSR count). The molecule has 1 fully saturated rings. The van der Waals surface area contributed by atoms with Gasteiger partial charge in [-0.3, -0.25) is 14.4 Å². The predicted molar refractivity (Wildman–Crippen MR) is 91.4 cm³/mol. The van der Waals surface area contributed by atoms with Gasteiger partial charge in [0.25, 0.3) is 5.91 Å². The number of hydrogen-bond donors (Lipinski definition) is 2. The lowest BCUT2D eigenvalue weighted by Crippen LogP contribution is -2.31. The van der Waals surface area contributed by atoms with Crippen molar-refractivity contribution in [2.24, 2.45) is 5.92 Å². The Balaban J connectivity index is 1.67. The predicted octanol–water partition coefficient (Wildman–Crippen LogP) is 0.665. The smallest absolute Gasteiger partial charge is 0.325 e. The first kappa shape index (κ1) is 17.6. The molecule has 0 saturated heterocycles. The van der Waals surface area contributed by atoms with Crippen LogP contribution in [0.5, 0.6) is 0 Å². The molecule has 0 aliphatic heterocycles. The van der Waals surface area contributed by atoms with E-state index in [0.29, 0.717) is 16.9 Å². The third-order valence-corrected chi connectivity index (χ3v) is 4.08. The molecule has 0 radical (unpaired) electrons. The fraction of sp³-hybridized carbons (Fsp3) is 0.353. The van der Waals surface area contributed by atoms with Gasteiger partial charge in [-0.15, -0.1) is 5.10 Å². The molecular weight excluding hydrogens is 338 g/mol. The van der Waals surface area contributed by atoms with E-state index in [2.05, 4.69) is 15.6 Å². The fourth-order valence-electron chi connectivity index (χ4n) is 2.58. The Morgan fingerprint density at radius 3 is 2.73 bits per heavy atom. The number of nitrogens with one attached hydrogen (secondary N) is 1. The van der Waals surface area contributed by atoms with Crippen LogP contribution in [0.3, 0.4) is 0 Å². The van der Waals surface area contributed by atoms with E-state index in [4.69, 9.17) is 5.11 Å². The minimum absolute atomic E-state index is 0.0156. The molecule has 1 aromatic carbocycles. The fourth-order valence-corrected chi connectivity index (χ4v) is 2.58. The number of anilines is 1. The number of hydrogen-bond acceptors (Lipinski definition) is 5. The summed E-state index contributed by atoms with van der Waals surface area (Å²) >= 11 is 0. The molecule has 1 aliphatic rings. The summed E-state index contributed by atoms with van der Waals surface area (Å²) < 4.78 is 1.18. The highest BCUT2D eigenvalue weighted by Gasteiger charge is 2.33. The van der Waals surface area contributed by atoms with Crippen LogP contribution in [0.4, 0.5) is 5.69 Å². The van der Waals surface area contributed by atoms with Crippen LogP contribution < -0.4 is 10.2 Å². The maximum atomic E-state index is 12.5. The molecule has 1 heterocycles. The lowest BCUT2D eigenvalue weighted by molar-refractivity contribution is -0.137. The first-order valence-corrected chi connectivity index (χ1v) is 8.21. The van der Waals surface area contributed by atoms with Crippen molar-refractivity contribution in [3.63, 3.8) is 0 Å². The summed E-state index contributed by atoms with van der Waals surface area (Å²) in [5.41, 5.74) is 1.39. The van der Waals surface area contributed by atoms with Gasteiger partial charge in [0, 0.05) is 13.0 Å². The van der Waals surface area contributed by atoms with Crippen molar-refractivity contribution in [3.05, 3.63) is 41.7 Å².